The fraction of sp³-hybridized carbons (Fsp3) is 0.188. The lowest BCUT2D eigenvalue weighted by atomic mass is 10.1. The van der Waals surface area contributed by atoms with Gasteiger partial charge in [0, 0.05) is 28.3 Å². The minimum absolute atomic E-state index is 0.0785. The molecule has 2 rings (SSSR count). The van der Waals surface area contributed by atoms with E-state index in [2.05, 4.69) is 10.1 Å². The molecule has 0 saturated carbocycles. The molecule has 0 aromatic heterocycles. The number of hydrogen-bond acceptors (Lipinski definition) is 6. The van der Waals surface area contributed by atoms with Crippen molar-refractivity contribution in [1.82, 2.24) is 0 Å². The first-order valence-electron chi connectivity index (χ1n) is 7.06. The fourth-order valence-corrected chi connectivity index (χ4v) is 2.72. The second kappa shape index (κ2) is 8.15. The van der Waals surface area contributed by atoms with E-state index in [1.165, 1.54) is 18.2 Å². The van der Waals surface area contributed by atoms with Crippen LogP contribution in [0.25, 0.3) is 0 Å². The van der Waals surface area contributed by atoms with Crippen LogP contribution in [0.15, 0.2) is 36.4 Å². The third kappa shape index (κ3) is 4.82. The monoisotopic (exact) mass is 384 g/mol. The maximum Gasteiger partial charge on any atom is 0.344 e. The van der Waals surface area contributed by atoms with Gasteiger partial charge in [-0.25, -0.2) is 4.79 Å². The van der Waals surface area contributed by atoms with E-state index in [4.69, 9.17) is 23.2 Å². The number of benzene rings is 2. The van der Waals surface area contributed by atoms with Crippen molar-refractivity contribution in [3.05, 3.63) is 67.7 Å². The minimum atomic E-state index is -0.923. The third-order valence-electron chi connectivity index (χ3n) is 3.37. The van der Waals surface area contributed by atoms with Crippen LogP contribution in [0.1, 0.15) is 22.0 Å². The van der Waals surface area contributed by atoms with E-state index >= 15 is 0 Å². The summed E-state index contributed by atoms with van der Waals surface area (Å²) in [7, 11) is 1.14. The zero-order valence-electron chi connectivity index (χ0n) is 13.0. The number of nitrogens with zero attached hydrogens (tertiary/aromatic N) is 1. The third-order valence-corrected chi connectivity index (χ3v) is 3.80. The van der Waals surface area contributed by atoms with E-state index in [9.17, 15) is 20.0 Å². The Morgan fingerprint density at radius 3 is 2.48 bits per heavy atom. The molecule has 25 heavy (non-hydrogen) atoms. The van der Waals surface area contributed by atoms with Crippen LogP contribution in [0.2, 0.25) is 10.0 Å². The molecule has 0 radical (unpaired) electrons. The summed E-state index contributed by atoms with van der Waals surface area (Å²) in [6.45, 7) is 0.0785. The van der Waals surface area contributed by atoms with Crippen LogP contribution in [0.3, 0.4) is 0 Å². The Kier molecular flexibility index (Phi) is 6.19. The molecule has 2 N–H and O–H groups in total. The summed E-state index contributed by atoms with van der Waals surface area (Å²) in [6.07, 6.45) is -0.923. The molecule has 132 valence electrons. The average Bonchev–Trinajstić information content (AvgIpc) is 2.57. The Hall–Kier alpha value is -2.35. The molecule has 0 aliphatic heterocycles. The second-order valence-corrected chi connectivity index (χ2v) is 5.95. The Balaban J connectivity index is 2.17. The van der Waals surface area contributed by atoms with Gasteiger partial charge in [-0.3, -0.25) is 10.1 Å². The minimum Gasteiger partial charge on any atom is -0.465 e. The Morgan fingerprint density at radius 2 is 1.92 bits per heavy atom. The van der Waals surface area contributed by atoms with Gasteiger partial charge in [0.25, 0.3) is 5.69 Å². The number of carbonyl (C=O) groups excluding carboxylic acids is 1. The molecule has 0 heterocycles. The largest absolute Gasteiger partial charge is 0.465 e. The smallest absolute Gasteiger partial charge is 0.344 e. The van der Waals surface area contributed by atoms with Gasteiger partial charge in [0.2, 0.25) is 0 Å². The summed E-state index contributed by atoms with van der Waals surface area (Å²) in [6, 6.07) is 8.62. The SMILES string of the molecule is COC(=O)c1cc(NCC(O)c2cc(Cl)cc(Cl)c2)ccc1[N+](=O)[O-]. The van der Waals surface area contributed by atoms with Crippen LogP contribution in [0, 0.1) is 10.1 Å². The molecule has 0 bridgehead atoms. The summed E-state index contributed by atoms with van der Waals surface area (Å²) < 4.78 is 4.55. The molecule has 0 spiro atoms. The molecule has 9 heteroatoms. The normalized spacial score (nSPS) is 11.7. The summed E-state index contributed by atoms with van der Waals surface area (Å²) in [5.41, 5.74) is 0.385. The maximum absolute atomic E-state index is 11.7. The molecule has 1 atom stereocenters. The lowest BCUT2D eigenvalue weighted by Crippen LogP contribution is -2.13. The molecule has 2 aromatic carbocycles. The van der Waals surface area contributed by atoms with Gasteiger partial charge in [-0.05, 0) is 35.9 Å². The molecular formula is C16H14Cl2N2O5. The van der Waals surface area contributed by atoms with Crippen LogP contribution in [-0.4, -0.2) is 29.7 Å². The zero-order chi connectivity index (χ0) is 18.6. The molecule has 0 amide bonds. The van der Waals surface area contributed by atoms with E-state index in [0.29, 0.717) is 21.3 Å². The number of methoxy groups -OCH3 is 1. The number of nitro benzene ring substituents is 1. The molecule has 0 aliphatic rings. The molecule has 0 fully saturated rings. The quantitative estimate of drug-likeness (QED) is 0.445. The first-order chi connectivity index (χ1) is 11.8. The van der Waals surface area contributed by atoms with E-state index in [0.717, 1.165) is 7.11 Å². The predicted octanol–water partition coefficient (Wildman–Crippen LogP) is 3.83. The number of halogens is 2. The predicted molar refractivity (Wildman–Crippen MR) is 94.3 cm³/mol. The lowest BCUT2D eigenvalue weighted by molar-refractivity contribution is -0.385. The van der Waals surface area contributed by atoms with Crippen molar-refractivity contribution >= 4 is 40.5 Å². The molecule has 2 aromatic rings. The van der Waals surface area contributed by atoms with Gasteiger partial charge in [0.1, 0.15) is 5.56 Å². The highest BCUT2D eigenvalue weighted by atomic mass is 35.5. The van der Waals surface area contributed by atoms with Gasteiger partial charge >= 0.3 is 5.97 Å². The number of hydrogen-bond donors (Lipinski definition) is 2. The van der Waals surface area contributed by atoms with Crippen molar-refractivity contribution in [3.63, 3.8) is 0 Å². The zero-order valence-corrected chi connectivity index (χ0v) is 14.5. The van der Waals surface area contributed by atoms with Crippen LogP contribution >= 0.6 is 23.2 Å². The standard InChI is InChI=1S/C16H14Cl2N2O5/c1-25-16(22)13-7-12(2-3-14(13)20(23)24)19-8-15(21)9-4-10(17)6-11(18)5-9/h2-7,15,19,21H,8H2,1H3. The molecule has 1 unspecified atom stereocenters. The van der Waals surface area contributed by atoms with Gasteiger partial charge in [0.05, 0.1) is 18.1 Å². The van der Waals surface area contributed by atoms with Gasteiger partial charge in [-0.15, -0.1) is 0 Å². The van der Waals surface area contributed by atoms with E-state index in [1.807, 2.05) is 0 Å². The van der Waals surface area contributed by atoms with Crippen LogP contribution in [0.4, 0.5) is 11.4 Å². The van der Waals surface area contributed by atoms with Gasteiger partial charge in [-0.1, -0.05) is 23.2 Å². The summed E-state index contributed by atoms with van der Waals surface area (Å²) in [5, 5.41) is 24.9. The molecular weight excluding hydrogens is 371 g/mol. The lowest BCUT2D eigenvalue weighted by Gasteiger charge is -2.14. The van der Waals surface area contributed by atoms with Crippen LogP contribution in [0.5, 0.6) is 0 Å². The van der Waals surface area contributed by atoms with E-state index in [1.54, 1.807) is 18.2 Å². The number of nitro groups is 1. The highest BCUT2D eigenvalue weighted by Gasteiger charge is 2.21. The second-order valence-electron chi connectivity index (χ2n) is 5.08. The highest BCUT2D eigenvalue weighted by Crippen LogP contribution is 2.26. The first-order valence-corrected chi connectivity index (χ1v) is 7.82. The van der Waals surface area contributed by atoms with Crippen molar-refractivity contribution in [2.24, 2.45) is 0 Å². The van der Waals surface area contributed by atoms with Crippen molar-refractivity contribution < 1.29 is 19.6 Å². The number of ether oxygens (including phenoxy) is 1. The first kappa shape index (κ1) is 19.0. The van der Waals surface area contributed by atoms with Gasteiger partial charge < -0.3 is 15.2 Å². The number of esters is 1. The number of aliphatic hydroxyl groups excluding tert-OH is 1. The van der Waals surface area contributed by atoms with E-state index < -0.39 is 17.0 Å². The average molecular weight is 385 g/mol. The maximum atomic E-state index is 11.7. The van der Waals surface area contributed by atoms with Crippen LogP contribution in [-0.2, 0) is 4.74 Å². The Bertz CT molecular complexity index is 793. The summed E-state index contributed by atoms with van der Waals surface area (Å²) in [5.74, 6) is -0.822. The van der Waals surface area contributed by atoms with Crippen molar-refractivity contribution in [2.75, 3.05) is 19.0 Å². The van der Waals surface area contributed by atoms with Crippen molar-refractivity contribution in [2.45, 2.75) is 6.10 Å². The van der Waals surface area contributed by atoms with E-state index in [-0.39, 0.29) is 17.8 Å². The number of rotatable bonds is 6. The number of aliphatic hydroxyl groups is 1. The summed E-state index contributed by atoms with van der Waals surface area (Å²) >= 11 is 11.8. The number of carbonyl (C=O) groups is 1. The van der Waals surface area contributed by atoms with Gasteiger partial charge in [0.15, 0.2) is 0 Å². The van der Waals surface area contributed by atoms with Crippen molar-refractivity contribution in [1.29, 1.82) is 0 Å². The van der Waals surface area contributed by atoms with Crippen LogP contribution < -0.4 is 5.32 Å². The number of anilines is 1. The fourth-order valence-electron chi connectivity index (χ4n) is 2.18. The topological polar surface area (TPSA) is 102 Å². The molecule has 0 aliphatic carbocycles. The van der Waals surface area contributed by atoms with Crippen molar-refractivity contribution in [3.8, 4) is 0 Å². The Labute approximate surface area is 153 Å². The van der Waals surface area contributed by atoms with Gasteiger partial charge in [-0.2, -0.15) is 0 Å². The number of nitrogens with one attached hydrogen (secondary N) is 1. The molecule has 0 saturated heterocycles. The Morgan fingerprint density at radius 1 is 1.28 bits per heavy atom. The summed E-state index contributed by atoms with van der Waals surface area (Å²) in [4.78, 5) is 22.0. The molecule has 7 nitrogen and oxygen atoms in total. The highest BCUT2D eigenvalue weighted by molar-refractivity contribution is 6.34.